The molecule has 0 bridgehead atoms. The van der Waals surface area contributed by atoms with Crippen LogP contribution in [-0.4, -0.2) is 57.6 Å². The fourth-order valence-corrected chi connectivity index (χ4v) is 4.42. The topological polar surface area (TPSA) is 86.8 Å². The summed E-state index contributed by atoms with van der Waals surface area (Å²) in [6, 6.07) is 16.1. The molecule has 32 heavy (non-hydrogen) atoms. The number of anilines is 1. The Kier molecular flexibility index (Phi) is 9.26. The van der Waals surface area contributed by atoms with Gasteiger partial charge in [-0.2, -0.15) is 0 Å². The van der Waals surface area contributed by atoms with Crippen molar-refractivity contribution < 1.29 is 18.0 Å². The normalized spacial score (nSPS) is 12.1. The molecule has 0 aliphatic heterocycles. The SMILES string of the molecule is CCc1ccc(N(CC(=O)N(CCc2ccccc2)[C@@H](CC)C(=O)NC)S(C)(=O)=O)cc1. The second kappa shape index (κ2) is 11.7. The van der Waals surface area contributed by atoms with Gasteiger partial charge in [0, 0.05) is 13.6 Å². The number of amides is 2. The number of benzene rings is 2. The summed E-state index contributed by atoms with van der Waals surface area (Å²) >= 11 is 0. The second-order valence-electron chi connectivity index (χ2n) is 7.65. The molecule has 2 amide bonds. The van der Waals surface area contributed by atoms with Crippen LogP contribution in [0.1, 0.15) is 31.4 Å². The molecule has 0 radical (unpaired) electrons. The maximum absolute atomic E-state index is 13.4. The van der Waals surface area contributed by atoms with Crippen molar-refractivity contribution in [3.05, 3.63) is 65.7 Å². The molecule has 7 nitrogen and oxygen atoms in total. The smallest absolute Gasteiger partial charge is 0.244 e. The number of rotatable bonds is 11. The van der Waals surface area contributed by atoms with Gasteiger partial charge in [0.25, 0.3) is 0 Å². The molecular weight excluding hydrogens is 426 g/mol. The van der Waals surface area contributed by atoms with Crippen molar-refractivity contribution in [2.45, 2.75) is 39.2 Å². The van der Waals surface area contributed by atoms with Crippen LogP contribution in [0.25, 0.3) is 0 Å². The largest absolute Gasteiger partial charge is 0.357 e. The van der Waals surface area contributed by atoms with Gasteiger partial charge >= 0.3 is 0 Å². The number of nitrogens with one attached hydrogen (secondary N) is 1. The lowest BCUT2D eigenvalue weighted by Crippen LogP contribution is -2.52. The number of carbonyl (C=O) groups excluding carboxylic acids is 2. The molecule has 0 fully saturated rings. The minimum Gasteiger partial charge on any atom is -0.357 e. The monoisotopic (exact) mass is 459 g/mol. The summed E-state index contributed by atoms with van der Waals surface area (Å²) in [5, 5.41) is 2.61. The Morgan fingerprint density at radius 3 is 2.09 bits per heavy atom. The molecule has 0 saturated carbocycles. The summed E-state index contributed by atoms with van der Waals surface area (Å²) < 4.78 is 26.2. The summed E-state index contributed by atoms with van der Waals surface area (Å²) in [6.45, 7) is 3.79. The number of likely N-dealkylation sites (N-methyl/N-ethyl adjacent to an activating group) is 1. The van der Waals surface area contributed by atoms with E-state index < -0.39 is 22.0 Å². The van der Waals surface area contributed by atoms with Gasteiger partial charge in [0.05, 0.1) is 11.9 Å². The number of carbonyl (C=O) groups is 2. The van der Waals surface area contributed by atoms with Gasteiger partial charge in [-0.1, -0.05) is 56.3 Å². The van der Waals surface area contributed by atoms with Gasteiger partial charge in [-0.15, -0.1) is 0 Å². The molecule has 0 heterocycles. The van der Waals surface area contributed by atoms with Crippen molar-refractivity contribution in [2.24, 2.45) is 0 Å². The van der Waals surface area contributed by atoms with Gasteiger partial charge in [-0.05, 0) is 42.5 Å². The van der Waals surface area contributed by atoms with E-state index in [0.29, 0.717) is 25.1 Å². The maximum Gasteiger partial charge on any atom is 0.244 e. The molecule has 0 spiro atoms. The average molecular weight is 460 g/mol. The highest BCUT2D eigenvalue weighted by Gasteiger charge is 2.30. The molecule has 8 heteroatoms. The van der Waals surface area contributed by atoms with Gasteiger partial charge < -0.3 is 10.2 Å². The van der Waals surface area contributed by atoms with Crippen molar-refractivity contribution >= 4 is 27.5 Å². The van der Waals surface area contributed by atoms with Gasteiger partial charge in [0.1, 0.15) is 12.6 Å². The predicted octanol–water partition coefficient (Wildman–Crippen LogP) is 2.61. The number of hydrogen-bond donors (Lipinski definition) is 1. The Morgan fingerprint density at radius 2 is 1.59 bits per heavy atom. The van der Waals surface area contributed by atoms with Crippen LogP contribution in [0.4, 0.5) is 5.69 Å². The van der Waals surface area contributed by atoms with Crippen molar-refractivity contribution in [3.8, 4) is 0 Å². The molecular formula is C24H33N3O4S. The van der Waals surface area contributed by atoms with E-state index in [1.54, 1.807) is 12.1 Å². The van der Waals surface area contributed by atoms with E-state index in [4.69, 9.17) is 0 Å². The first-order chi connectivity index (χ1) is 15.2. The molecule has 1 N–H and O–H groups in total. The highest BCUT2D eigenvalue weighted by molar-refractivity contribution is 7.92. The number of sulfonamides is 1. The van der Waals surface area contributed by atoms with Crippen LogP contribution in [0.3, 0.4) is 0 Å². The lowest BCUT2D eigenvalue weighted by Gasteiger charge is -2.32. The maximum atomic E-state index is 13.4. The molecule has 0 aromatic heterocycles. The van der Waals surface area contributed by atoms with E-state index >= 15 is 0 Å². The zero-order chi connectivity index (χ0) is 23.7. The lowest BCUT2D eigenvalue weighted by atomic mass is 10.1. The van der Waals surface area contributed by atoms with Gasteiger partial charge in [0.2, 0.25) is 21.8 Å². The van der Waals surface area contributed by atoms with E-state index in [9.17, 15) is 18.0 Å². The summed E-state index contributed by atoms with van der Waals surface area (Å²) in [4.78, 5) is 27.4. The van der Waals surface area contributed by atoms with Crippen LogP contribution >= 0.6 is 0 Å². The van der Waals surface area contributed by atoms with Gasteiger partial charge in [-0.25, -0.2) is 8.42 Å². The minimum atomic E-state index is -3.71. The molecule has 1 atom stereocenters. The first-order valence-corrected chi connectivity index (χ1v) is 12.7. The van der Waals surface area contributed by atoms with E-state index in [2.05, 4.69) is 5.32 Å². The summed E-state index contributed by atoms with van der Waals surface area (Å²) in [5.41, 5.74) is 2.53. The molecule has 0 unspecified atom stereocenters. The lowest BCUT2D eigenvalue weighted by molar-refractivity contribution is -0.139. The molecule has 0 aliphatic rings. The zero-order valence-electron chi connectivity index (χ0n) is 19.2. The van der Waals surface area contributed by atoms with Gasteiger partial charge in [-0.3, -0.25) is 13.9 Å². The predicted molar refractivity (Wildman–Crippen MR) is 128 cm³/mol. The van der Waals surface area contributed by atoms with Crippen LogP contribution in [0.5, 0.6) is 0 Å². The number of nitrogens with zero attached hydrogens (tertiary/aromatic N) is 2. The van der Waals surface area contributed by atoms with Crippen LogP contribution in [-0.2, 0) is 32.5 Å². The number of aryl methyl sites for hydroxylation is 1. The number of hydrogen-bond acceptors (Lipinski definition) is 4. The van der Waals surface area contributed by atoms with Crippen molar-refractivity contribution in [1.29, 1.82) is 0 Å². The van der Waals surface area contributed by atoms with Crippen LogP contribution in [0, 0.1) is 0 Å². The molecule has 0 saturated heterocycles. The van der Waals surface area contributed by atoms with E-state index in [0.717, 1.165) is 28.1 Å². The Morgan fingerprint density at radius 1 is 0.969 bits per heavy atom. The standard InChI is InChI=1S/C24H33N3O4S/c1-5-19-12-14-21(15-13-19)27(32(4,30)31)18-23(28)26(22(6-2)24(29)25-3)17-16-20-10-8-7-9-11-20/h7-15,22H,5-6,16-18H2,1-4H3,(H,25,29)/t22-/m0/s1. The van der Waals surface area contributed by atoms with Crippen LogP contribution in [0.2, 0.25) is 0 Å². The van der Waals surface area contributed by atoms with E-state index in [1.807, 2.05) is 56.3 Å². The van der Waals surface area contributed by atoms with Gasteiger partial charge in [0.15, 0.2) is 0 Å². The fourth-order valence-electron chi connectivity index (χ4n) is 3.57. The zero-order valence-corrected chi connectivity index (χ0v) is 20.1. The fraction of sp³-hybridized carbons (Fsp3) is 0.417. The Hall–Kier alpha value is -2.87. The van der Waals surface area contributed by atoms with E-state index in [-0.39, 0.29) is 12.5 Å². The van der Waals surface area contributed by atoms with Crippen molar-refractivity contribution in [1.82, 2.24) is 10.2 Å². The third-order valence-corrected chi connectivity index (χ3v) is 6.57. The second-order valence-corrected chi connectivity index (χ2v) is 9.56. The molecule has 2 aromatic rings. The molecule has 2 rings (SSSR count). The van der Waals surface area contributed by atoms with Crippen LogP contribution < -0.4 is 9.62 Å². The first-order valence-electron chi connectivity index (χ1n) is 10.8. The third kappa shape index (κ3) is 6.82. The summed E-state index contributed by atoms with van der Waals surface area (Å²) in [5.74, 6) is -0.687. The Balaban J connectivity index is 2.32. The molecule has 0 aliphatic carbocycles. The molecule has 2 aromatic carbocycles. The Labute approximate surface area is 191 Å². The highest BCUT2D eigenvalue weighted by Crippen LogP contribution is 2.20. The highest BCUT2D eigenvalue weighted by atomic mass is 32.2. The first kappa shape index (κ1) is 25.4. The quantitative estimate of drug-likeness (QED) is 0.560. The summed E-state index contributed by atoms with van der Waals surface area (Å²) in [7, 11) is -2.18. The van der Waals surface area contributed by atoms with E-state index in [1.165, 1.54) is 11.9 Å². The third-order valence-electron chi connectivity index (χ3n) is 5.43. The van der Waals surface area contributed by atoms with Crippen molar-refractivity contribution in [2.75, 3.05) is 30.7 Å². The van der Waals surface area contributed by atoms with Crippen molar-refractivity contribution in [3.63, 3.8) is 0 Å². The minimum absolute atomic E-state index is 0.271. The summed E-state index contributed by atoms with van der Waals surface area (Å²) in [6.07, 6.45) is 2.89. The van der Waals surface area contributed by atoms with Crippen LogP contribution in [0.15, 0.2) is 54.6 Å². The average Bonchev–Trinajstić information content (AvgIpc) is 2.79. The molecule has 174 valence electrons. The Bertz CT molecular complexity index is 992.